The second-order valence-electron chi connectivity index (χ2n) is 7.82. The lowest BCUT2D eigenvalue weighted by atomic mass is 9.87. The van der Waals surface area contributed by atoms with Gasteiger partial charge in [0, 0.05) is 5.56 Å². The molecule has 5 nitrogen and oxygen atoms in total. The number of amides is 1. The third kappa shape index (κ3) is 4.52. The lowest BCUT2D eigenvalue weighted by Crippen LogP contribution is -2.16. The van der Waals surface area contributed by atoms with E-state index in [1.54, 1.807) is 41.8 Å². The van der Waals surface area contributed by atoms with Crippen molar-refractivity contribution in [3.63, 3.8) is 0 Å². The van der Waals surface area contributed by atoms with Crippen molar-refractivity contribution < 1.29 is 14.3 Å². The van der Waals surface area contributed by atoms with Gasteiger partial charge in [0.2, 0.25) is 0 Å². The van der Waals surface area contributed by atoms with Crippen LogP contribution in [0.1, 0.15) is 54.0 Å². The number of hydrogen-bond acceptors (Lipinski definition) is 4. The Hall–Kier alpha value is -3.17. The van der Waals surface area contributed by atoms with E-state index in [4.69, 9.17) is 11.2 Å². The maximum absolute atomic E-state index is 12.8. The van der Waals surface area contributed by atoms with Crippen LogP contribution in [-0.4, -0.2) is 23.1 Å². The summed E-state index contributed by atoms with van der Waals surface area (Å²) in [5, 5.41) is 0. The minimum atomic E-state index is -0.384. The molecule has 0 bridgehead atoms. The van der Waals surface area contributed by atoms with Gasteiger partial charge in [0.25, 0.3) is 5.91 Å². The first-order valence-corrected chi connectivity index (χ1v) is 10.5. The van der Waals surface area contributed by atoms with Gasteiger partial charge in [-0.05, 0) is 48.2 Å². The molecule has 1 amide bonds. The molecule has 0 unspecified atom stereocenters. The van der Waals surface area contributed by atoms with Crippen molar-refractivity contribution in [2.75, 3.05) is 6.61 Å². The summed E-state index contributed by atoms with van der Waals surface area (Å²) in [4.78, 5) is 29.6. The average Bonchev–Trinajstić information content (AvgIpc) is 3.04. The molecule has 154 valence electrons. The van der Waals surface area contributed by atoms with Gasteiger partial charge in [-0.25, -0.2) is 4.79 Å². The summed E-state index contributed by atoms with van der Waals surface area (Å²) in [7, 11) is 0. The molecule has 0 spiro atoms. The molecular weight excluding hydrogens is 396 g/mol. The molecule has 30 heavy (non-hydrogen) atoms. The van der Waals surface area contributed by atoms with E-state index in [1.165, 1.54) is 11.3 Å². The SMILES string of the molecule is C#CCn1c(=NC(=O)c2ccc(C(C)(C)C)cc2)sc2cc(C(=O)OCC)ccc21. The first-order valence-electron chi connectivity index (χ1n) is 9.68. The van der Waals surface area contributed by atoms with Crippen LogP contribution in [0.4, 0.5) is 0 Å². The third-order valence-corrected chi connectivity index (χ3v) is 5.68. The van der Waals surface area contributed by atoms with E-state index < -0.39 is 0 Å². The van der Waals surface area contributed by atoms with Gasteiger partial charge in [0.05, 0.1) is 28.9 Å². The summed E-state index contributed by atoms with van der Waals surface area (Å²) < 4.78 is 7.68. The predicted molar refractivity (Wildman–Crippen MR) is 120 cm³/mol. The summed E-state index contributed by atoms with van der Waals surface area (Å²) in [6, 6.07) is 12.7. The first kappa shape index (κ1) is 21.5. The Labute approximate surface area is 180 Å². The van der Waals surface area contributed by atoms with Crippen molar-refractivity contribution in [1.29, 1.82) is 0 Å². The van der Waals surface area contributed by atoms with Crippen molar-refractivity contribution in [3.8, 4) is 12.3 Å². The summed E-state index contributed by atoms with van der Waals surface area (Å²) in [5.74, 6) is 1.88. The van der Waals surface area contributed by atoms with Crippen LogP contribution in [0.5, 0.6) is 0 Å². The van der Waals surface area contributed by atoms with Crippen LogP contribution < -0.4 is 4.80 Å². The normalized spacial score (nSPS) is 12.0. The summed E-state index contributed by atoms with van der Waals surface area (Å²) >= 11 is 1.32. The number of fused-ring (bicyclic) bond motifs is 1. The fourth-order valence-corrected chi connectivity index (χ4v) is 4.08. The molecule has 0 saturated carbocycles. The highest BCUT2D eigenvalue weighted by Crippen LogP contribution is 2.23. The zero-order valence-corrected chi connectivity index (χ0v) is 18.4. The van der Waals surface area contributed by atoms with E-state index in [9.17, 15) is 9.59 Å². The molecule has 3 rings (SSSR count). The molecule has 3 aromatic rings. The first-order chi connectivity index (χ1) is 14.2. The molecule has 0 aliphatic rings. The number of terminal acetylenes is 1. The highest BCUT2D eigenvalue weighted by atomic mass is 32.1. The van der Waals surface area contributed by atoms with Crippen molar-refractivity contribution in [2.45, 2.75) is 39.7 Å². The summed E-state index contributed by atoms with van der Waals surface area (Å²) in [6.07, 6.45) is 5.53. The van der Waals surface area contributed by atoms with Gasteiger partial charge in [-0.15, -0.1) is 6.42 Å². The molecule has 0 saturated heterocycles. The second kappa shape index (κ2) is 8.68. The predicted octanol–water partition coefficient (Wildman–Crippen LogP) is 4.55. The van der Waals surface area contributed by atoms with E-state index in [0.29, 0.717) is 22.5 Å². The number of ether oxygens (including phenoxy) is 1. The molecule has 1 heterocycles. The van der Waals surface area contributed by atoms with Crippen LogP contribution in [0.2, 0.25) is 0 Å². The van der Waals surface area contributed by atoms with E-state index in [-0.39, 0.29) is 23.8 Å². The molecule has 0 fully saturated rings. The minimum Gasteiger partial charge on any atom is -0.462 e. The number of esters is 1. The number of aromatic nitrogens is 1. The molecule has 0 radical (unpaired) electrons. The Balaban J connectivity index is 2.04. The lowest BCUT2D eigenvalue weighted by molar-refractivity contribution is 0.0526. The maximum Gasteiger partial charge on any atom is 0.338 e. The van der Waals surface area contributed by atoms with Gasteiger partial charge < -0.3 is 9.30 Å². The fourth-order valence-electron chi connectivity index (χ4n) is 3.01. The van der Waals surface area contributed by atoms with Crippen molar-refractivity contribution in [2.24, 2.45) is 4.99 Å². The van der Waals surface area contributed by atoms with Crippen molar-refractivity contribution >= 4 is 33.4 Å². The number of carbonyl (C=O) groups is 2. The van der Waals surface area contributed by atoms with Crippen LogP contribution in [-0.2, 0) is 16.7 Å². The van der Waals surface area contributed by atoms with Gasteiger partial charge in [0.15, 0.2) is 4.80 Å². The molecule has 0 aliphatic heterocycles. The lowest BCUT2D eigenvalue weighted by Gasteiger charge is -2.18. The van der Waals surface area contributed by atoms with Gasteiger partial charge in [-0.1, -0.05) is 50.2 Å². The molecule has 6 heteroatoms. The average molecular weight is 421 g/mol. The smallest absolute Gasteiger partial charge is 0.338 e. The Morgan fingerprint density at radius 1 is 1.13 bits per heavy atom. The molecule has 2 aromatic carbocycles. The molecule has 0 aliphatic carbocycles. The second-order valence-corrected chi connectivity index (χ2v) is 8.83. The van der Waals surface area contributed by atoms with E-state index in [2.05, 4.69) is 31.7 Å². The van der Waals surface area contributed by atoms with E-state index in [1.807, 2.05) is 12.1 Å². The van der Waals surface area contributed by atoms with Crippen LogP contribution in [0.15, 0.2) is 47.5 Å². The molecule has 0 N–H and O–H groups in total. The zero-order chi connectivity index (χ0) is 21.9. The van der Waals surface area contributed by atoms with E-state index >= 15 is 0 Å². The largest absolute Gasteiger partial charge is 0.462 e. The number of thiazole rings is 1. The van der Waals surface area contributed by atoms with Crippen molar-refractivity contribution in [1.82, 2.24) is 4.57 Å². The van der Waals surface area contributed by atoms with E-state index in [0.717, 1.165) is 15.8 Å². The number of nitrogens with zero attached hydrogens (tertiary/aromatic N) is 2. The van der Waals surface area contributed by atoms with Gasteiger partial charge >= 0.3 is 5.97 Å². The van der Waals surface area contributed by atoms with Gasteiger partial charge in [-0.2, -0.15) is 4.99 Å². The number of carbonyl (C=O) groups excluding carboxylic acids is 2. The van der Waals surface area contributed by atoms with Crippen LogP contribution >= 0.6 is 11.3 Å². The Kier molecular flexibility index (Phi) is 6.23. The number of hydrogen-bond donors (Lipinski definition) is 0. The molecular formula is C24H24N2O3S. The monoisotopic (exact) mass is 420 g/mol. The Morgan fingerprint density at radius 2 is 1.80 bits per heavy atom. The van der Waals surface area contributed by atoms with Crippen LogP contribution in [0.25, 0.3) is 10.2 Å². The Morgan fingerprint density at radius 3 is 2.40 bits per heavy atom. The summed E-state index contributed by atoms with van der Waals surface area (Å²) in [5.41, 5.74) is 2.95. The molecule has 1 aromatic heterocycles. The number of rotatable bonds is 4. The van der Waals surface area contributed by atoms with Crippen molar-refractivity contribution in [3.05, 3.63) is 64.0 Å². The molecule has 0 atom stereocenters. The van der Waals surface area contributed by atoms with Crippen LogP contribution in [0.3, 0.4) is 0 Å². The van der Waals surface area contributed by atoms with Gasteiger partial charge in [0.1, 0.15) is 0 Å². The fraction of sp³-hybridized carbons (Fsp3) is 0.292. The minimum absolute atomic E-state index is 0.0106. The third-order valence-electron chi connectivity index (χ3n) is 4.64. The zero-order valence-electron chi connectivity index (χ0n) is 17.6. The maximum atomic E-state index is 12.8. The topological polar surface area (TPSA) is 60.7 Å². The summed E-state index contributed by atoms with van der Waals surface area (Å²) in [6.45, 7) is 8.71. The highest BCUT2D eigenvalue weighted by Gasteiger charge is 2.15. The van der Waals surface area contributed by atoms with Crippen LogP contribution in [0, 0.1) is 12.3 Å². The Bertz CT molecular complexity index is 1200. The highest BCUT2D eigenvalue weighted by molar-refractivity contribution is 7.16. The quantitative estimate of drug-likeness (QED) is 0.459. The number of benzene rings is 2. The standard InChI is InChI=1S/C24H24N2O3S/c1-6-14-26-19-13-10-17(22(28)29-7-2)15-20(19)30-23(26)25-21(27)16-8-11-18(12-9-16)24(3,4)5/h1,8-13,15H,7,14H2,2-5H3. The van der Waals surface area contributed by atoms with Gasteiger partial charge in [-0.3, -0.25) is 4.79 Å².